The quantitative estimate of drug-likeness (QED) is 0.834. The minimum Gasteiger partial charge on any atom is -0.433 e. The number of nitrogen functional groups attached to an aromatic ring is 1. The van der Waals surface area contributed by atoms with Crippen molar-refractivity contribution in [2.24, 2.45) is 0 Å². The monoisotopic (exact) mass is 262 g/mol. The van der Waals surface area contributed by atoms with Crippen molar-refractivity contribution < 1.29 is 13.5 Å². The van der Waals surface area contributed by atoms with Gasteiger partial charge in [-0.2, -0.15) is 14.0 Å². The van der Waals surface area contributed by atoms with Gasteiger partial charge in [0.05, 0.1) is 21.8 Å². The number of alkyl halides is 2. The first kappa shape index (κ1) is 10.7. The van der Waals surface area contributed by atoms with E-state index in [0.717, 1.165) is 0 Å². The number of benzene rings is 1. The maximum absolute atomic E-state index is 11.9. The van der Waals surface area contributed by atoms with E-state index in [1.165, 1.54) is 12.1 Å². The maximum Gasteiger partial charge on any atom is 0.387 e. The lowest BCUT2D eigenvalue weighted by Crippen LogP contribution is -2.04. The number of rotatable bonds is 2. The Morgan fingerprint density at radius 1 is 1.50 bits per heavy atom. The first-order valence-corrected chi connectivity index (χ1v) is 4.28. The van der Waals surface area contributed by atoms with E-state index >= 15 is 0 Å². The molecule has 0 saturated carbocycles. The summed E-state index contributed by atoms with van der Waals surface area (Å²) in [6.45, 7) is -2.94. The summed E-state index contributed by atoms with van der Waals surface area (Å²) in [4.78, 5) is 0. The van der Waals surface area contributed by atoms with Crippen LogP contribution in [0.3, 0.4) is 0 Å². The van der Waals surface area contributed by atoms with Gasteiger partial charge in [0.2, 0.25) is 0 Å². The highest BCUT2D eigenvalue weighted by Gasteiger charge is 2.11. The normalized spacial score (nSPS) is 9.93. The molecular formula is C8H5BrF2N2O. The van der Waals surface area contributed by atoms with Gasteiger partial charge in [0.1, 0.15) is 5.75 Å². The second-order valence-electron chi connectivity index (χ2n) is 2.37. The minimum atomic E-state index is -2.94. The molecule has 74 valence electrons. The topological polar surface area (TPSA) is 59.0 Å². The molecule has 0 radical (unpaired) electrons. The Bertz CT molecular complexity index is 390. The van der Waals surface area contributed by atoms with Crippen LogP contribution in [-0.2, 0) is 0 Å². The molecule has 0 heterocycles. The summed E-state index contributed by atoms with van der Waals surface area (Å²) in [7, 11) is 0. The van der Waals surface area contributed by atoms with Gasteiger partial charge in [-0.25, -0.2) is 0 Å². The molecular weight excluding hydrogens is 258 g/mol. The second kappa shape index (κ2) is 4.24. The number of nitrogens with zero attached hydrogens (tertiary/aromatic N) is 1. The van der Waals surface area contributed by atoms with Crippen LogP contribution in [0.5, 0.6) is 5.75 Å². The maximum atomic E-state index is 11.9. The number of anilines is 1. The van der Waals surface area contributed by atoms with Crippen molar-refractivity contribution in [3.8, 4) is 11.8 Å². The van der Waals surface area contributed by atoms with E-state index in [4.69, 9.17) is 11.0 Å². The van der Waals surface area contributed by atoms with Gasteiger partial charge in [-0.1, -0.05) is 0 Å². The van der Waals surface area contributed by atoms with Crippen molar-refractivity contribution in [1.29, 1.82) is 5.26 Å². The zero-order valence-electron chi connectivity index (χ0n) is 6.80. The fourth-order valence-corrected chi connectivity index (χ4v) is 1.19. The number of nitrogens with two attached hydrogens (primary N) is 1. The Balaban J connectivity index is 3.15. The lowest BCUT2D eigenvalue weighted by molar-refractivity contribution is -0.0503. The van der Waals surface area contributed by atoms with E-state index in [1.54, 1.807) is 6.07 Å². The van der Waals surface area contributed by atoms with Crippen molar-refractivity contribution >= 4 is 21.6 Å². The van der Waals surface area contributed by atoms with Crippen LogP contribution in [0.1, 0.15) is 5.56 Å². The van der Waals surface area contributed by atoms with Gasteiger partial charge in [-0.15, -0.1) is 0 Å². The van der Waals surface area contributed by atoms with Gasteiger partial charge >= 0.3 is 6.61 Å². The molecule has 1 aromatic rings. The Labute approximate surface area is 87.2 Å². The highest BCUT2D eigenvalue weighted by molar-refractivity contribution is 9.10. The molecule has 0 atom stereocenters. The molecule has 2 N–H and O–H groups in total. The van der Waals surface area contributed by atoms with Crippen LogP contribution in [0.15, 0.2) is 16.6 Å². The number of halogens is 3. The van der Waals surface area contributed by atoms with Gasteiger partial charge in [0.15, 0.2) is 0 Å². The molecule has 0 unspecified atom stereocenters. The molecule has 0 spiro atoms. The van der Waals surface area contributed by atoms with Crippen LogP contribution in [0.25, 0.3) is 0 Å². The van der Waals surface area contributed by atoms with E-state index < -0.39 is 6.61 Å². The Hall–Kier alpha value is -1.35. The minimum absolute atomic E-state index is 0.142. The van der Waals surface area contributed by atoms with E-state index in [0.29, 0.717) is 0 Å². The smallest absolute Gasteiger partial charge is 0.387 e. The molecule has 0 bridgehead atoms. The number of nitriles is 1. The van der Waals surface area contributed by atoms with E-state index in [-0.39, 0.29) is 21.5 Å². The molecule has 0 aliphatic rings. The van der Waals surface area contributed by atoms with Crippen molar-refractivity contribution in [2.75, 3.05) is 5.73 Å². The Morgan fingerprint density at radius 2 is 2.14 bits per heavy atom. The molecule has 0 aliphatic carbocycles. The van der Waals surface area contributed by atoms with Crippen LogP contribution in [-0.4, -0.2) is 6.61 Å². The number of ether oxygens (including phenoxy) is 1. The first-order valence-electron chi connectivity index (χ1n) is 3.48. The summed E-state index contributed by atoms with van der Waals surface area (Å²) in [5, 5.41) is 8.55. The fraction of sp³-hybridized carbons (Fsp3) is 0.125. The highest BCUT2D eigenvalue weighted by atomic mass is 79.9. The van der Waals surface area contributed by atoms with E-state index in [2.05, 4.69) is 20.7 Å². The number of hydrogen-bond acceptors (Lipinski definition) is 3. The molecule has 0 fully saturated rings. The summed E-state index contributed by atoms with van der Waals surface area (Å²) < 4.78 is 28.2. The zero-order valence-corrected chi connectivity index (χ0v) is 8.38. The second-order valence-corrected chi connectivity index (χ2v) is 3.16. The van der Waals surface area contributed by atoms with Crippen LogP contribution in [0.4, 0.5) is 14.5 Å². The van der Waals surface area contributed by atoms with Crippen LogP contribution in [0, 0.1) is 11.3 Å². The lowest BCUT2D eigenvalue weighted by atomic mass is 10.2. The van der Waals surface area contributed by atoms with Crippen LogP contribution >= 0.6 is 15.9 Å². The summed E-state index contributed by atoms with van der Waals surface area (Å²) in [5.74, 6) is -0.142. The Morgan fingerprint density at radius 3 is 2.64 bits per heavy atom. The SMILES string of the molecule is N#Cc1cc(N)c(Br)c(OC(F)F)c1. The van der Waals surface area contributed by atoms with Crippen molar-refractivity contribution in [1.82, 2.24) is 0 Å². The molecule has 0 amide bonds. The average Bonchev–Trinajstić information content (AvgIpc) is 2.11. The molecule has 1 aromatic carbocycles. The molecule has 14 heavy (non-hydrogen) atoms. The third-order valence-corrected chi connectivity index (χ3v) is 2.26. The fourth-order valence-electron chi connectivity index (χ4n) is 0.866. The molecule has 0 aromatic heterocycles. The van der Waals surface area contributed by atoms with Crippen LogP contribution < -0.4 is 10.5 Å². The molecule has 3 nitrogen and oxygen atoms in total. The van der Waals surface area contributed by atoms with Crippen molar-refractivity contribution in [3.63, 3.8) is 0 Å². The summed E-state index contributed by atoms with van der Waals surface area (Å²) in [6, 6.07) is 4.33. The van der Waals surface area contributed by atoms with Crippen molar-refractivity contribution in [2.45, 2.75) is 6.61 Å². The average molecular weight is 263 g/mol. The van der Waals surface area contributed by atoms with Crippen LogP contribution in [0.2, 0.25) is 0 Å². The highest BCUT2D eigenvalue weighted by Crippen LogP contribution is 2.33. The first-order chi connectivity index (χ1) is 6.54. The van der Waals surface area contributed by atoms with Gasteiger partial charge < -0.3 is 10.5 Å². The standard InChI is InChI=1S/C8H5BrF2N2O/c9-7-5(13)1-4(3-12)2-6(7)14-8(10)11/h1-2,8H,13H2. The van der Waals surface area contributed by atoms with Gasteiger partial charge in [-0.05, 0) is 28.1 Å². The van der Waals surface area contributed by atoms with Crippen molar-refractivity contribution in [3.05, 3.63) is 22.2 Å². The largest absolute Gasteiger partial charge is 0.433 e. The molecule has 0 aliphatic heterocycles. The van der Waals surface area contributed by atoms with Gasteiger partial charge in [-0.3, -0.25) is 0 Å². The van der Waals surface area contributed by atoms with E-state index in [9.17, 15) is 8.78 Å². The predicted molar refractivity (Wildman–Crippen MR) is 49.9 cm³/mol. The molecule has 6 heteroatoms. The third-order valence-electron chi connectivity index (χ3n) is 1.41. The summed E-state index contributed by atoms with van der Waals surface area (Å²) in [6.07, 6.45) is 0. The lowest BCUT2D eigenvalue weighted by Gasteiger charge is -2.08. The zero-order chi connectivity index (χ0) is 10.7. The molecule has 0 saturated heterocycles. The molecule has 1 rings (SSSR count). The third kappa shape index (κ3) is 2.33. The summed E-state index contributed by atoms with van der Waals surface area (Å²) in [5.41, 5.74) is 5.80. The Kier molecular flexibility index (Phi) is 3.25. The number of hydrogen-bond donors (Lipinski definition) is 1. The van der Waals surface area contributed by atoms with Gasteiger partial charge in [0, 0.05) is 0 Å². The summed E-state index contributed by atoms with van der Waals surface area (Å²) >= 11 is 2.98. The van der Waals surface area contributed by atoms with E-state index in [1.807, 2.05) is 0 Å². The van der Waals surface area contributed by atoms with Gasteiger partial charge in [0.25, 0.3) is 0 Å². The predicted octanol–water partition coefficient (Wildman–Crippen LogP) is 2.50.